The maximum atomic E-state index is 12.9. The van der Waals surface area contributed by atoms with E-state index in [-0.39, 0.29) is 41.2 Å². The molecule has 30 heavy (non-hydrogen) atoms. The highest BCUT2D eigenvalue weighted by Gasteiger charge is 2.65. The fourth-order valence-electron chi connectivity index (χ4n) is 5.15. The molecular weight excluding hydrogens is 424 g/mol. The van der Waals surface area contributed by atoms with Crippen LogP contribution in [-0.2, 0) is 37.1 Å². The molecule has 2 atom stereocenters. The molecule has 2 aliphatic carbocycles. The number of rotatable bonds is 9. The lowest BCUT2D eigenvalue weighted by atomic mass is 9.70. The van der Waals surface area contributed by atoms with Crippen LogP contribution in [-0.4, -0.2) is 34.4 Å². The van der Waals surface area contributed by atoms with Gasteiger partial charge in [0.25, 0.3) is 0 Å². The average molecular weight is 457 g/mol. The summed E-state index contributed by atoms with van der Waals surface area (Å²) in [6.07, 6.45) is 1.96. The van der Waals surface area contributed by atoms with Gasteiger partial charge in [-0.25, -0.2) is 26.3 Å². The molecule has 1 aromatic carbocycles. The molecule has 2 saturated carbocycles. The average Bonchev–Trinajstić information content (AvgIpc) is 2.93. The fourth-order valence-corrected chi connectivity index (χ4v) is 8.44. The van der Waals surface area contributed by atoms with Crippen LogP contribution < -0.4 is 9.44 Å². The normalized spacial score (nSPS) is 25.9. The highest BCUT2D eigenvalue weighted by Crippen LogP contribution is 2.64. The maximum Gasteiger partial charge on any atom is 0.216 e. The predicted octanol–water partition coefficient (Wildman–Crippen LogP) is 2.33. The number of hydrogen-bond acceptors (Lipinski definition) is 5. The van der Waals surface area contributed by atoms with Crippen LogP contribution in [0.4, 0.5) is 0 Å². The van der Waals surface area contributed by atoms with Gasteiger partial charge in [0.05, 0.1) is 11.5 Å². The van der Waals surface area contributed by atoms with Crippen molar-refractivity contribution in [2.75, 3.05) is 5.75 Å². The minimum absolute atomic E-state index is 0.0101. The summed E-state index contributed by atoms with van der Waals surface area (Å²) in [6, 6.07) is 6.67. The first-order valence-corrected chi connectivity index (χ1v) is 13.7. The van der Waals surface area contributed by atoms with Crippen LogP contribution in [0.3, 0.4) is 0 Å². The number of nitrogens with one attached hydrogen (secondary N) is 2. The maximum absolute atomic E-state index is 12.9. The Labute approximate surface area is 180 Å². The molecular formula is C21H32N2O5S2. The number of benzene rings is 1. The third-order valence-electron chi connectivity index (χ3n) is 6.94. The van der Waals surface area contributed by atoms with Gasteiger partial charge in [-0.15, -0.1) is 0 Å². The molecule has 2 fully saturated rings. The molecule has 0 radical (unpaired) electrons. The second-order valence-corrected chi connectivity index (χ2v) is 13.1. The first-order valence-electron chi connectivity index (χ1n) is 10.4. The van der Waals surface area contributed by atoms with Crippen molar-refractivity contribution in [2.45, 2.75) is 65.3 Å². The Morgan fingerprint density at radius 2 is 1.70 bits per heavy atom. The van der Waals surface area contributed by atoms with E-state index in [0.717, 1.165) is 6.42 Å². The highest BCUT2D eigenvalue weighted by atomic mass is 32.2. The molecule has 3 rings (SSSR count). The summed E-state index contributed by atoms with van der Waals surface area (Å²) >= 11 is 0. The van der Waals surface area contributed by atoms with Gasteiger partial charge in [0.1, 0.15) is 5.78 Å². The lowest BCUT2D eigenvalue weighted by Crippen LogP contribution is -2.45. The molecule has 0 amide bonds. The van der Waals surface area contributed by atoms with E-state index in [9.17, 15) is 21.6 Å². The van der Waals surface area contributed by atoms with E-state index < -0.39 is 25.5 Å². The predicted molar refractivity (Wildman–Crippen MR) is 117 cm³/mol. The standard InChI is InChI=1S/C21H32N2O5S2/c1-15(2)23-29(25,26)13-17-8-6-5-7-16(17)12-22-30(27,28)14-21-10-9-18(11-19(21)24)20(21,3)4/h5-8,15,18,22-23H,9-14H2,1-4H3. The summed E-state index contributed by atoms with van der Waals surface area (Å²) in [5, 5.41) is 0. The number of Topliss-reactive ketones (excluding diaryl/α,β-unsaturated/α-hetero) is 1. The van der Waals surface area contributed by atoms with Crippen molar-refractivity contribution in [3.05, 3.63) is 35.4 Å². The zero-order valence-corrected chi connectivity index (χ0v) is 19.7. The van der Waals surface area contributed by atoms with E-state index in [1.165, 1.54) is 0 Å². The van der Waals surface area contributed by atoms with Gasteiger partial charge in [0.2, 0.25) is 20.0 Å². The highest BCUT2D eigenvalue weighted by molar-refractivity contribution is 7.89. The number of sulfonamides is 2. The van der Waals surface area contributed by atoms with Crippen molar-refractivity contribution >= 4 is 25.8 Å². The zero-order chi connectivity index (χ0) is 22.4. The van der Waals surface area contributed by atoms with Gasteiger partial charge in [-0.2, -0.15) is 0 Å². The molecule has 2 N–H and O–H groups in total. The van der Waals surface area contributed by atoms with Gasteiger partial charge in [-0.3, -0.25) is 4.79 Å². The molecule has 0 aliphatic heterocycles. The smallest absolute Gasteiger partial charge is 0.216 e. The van der Waals surface area contributed by atoms with E-state index in [1.54, 1.807) is 38.1 Å². The van der Waals surface area contributed by atoms with Crippen molar-refractivity contribution in [3.8, 4) is 0 Å². The van der Waals surface area contributed by atoms with Crippen molar-refractivity contribution in [2.24, 2.45) is 16.7 Å². The van der Waals surface area contributed by atoms with Crippen molar-refractivity contribution < 1.29 is 21.6 Å². The van der Waals surface area contributed by atoms with Gasteiger partial charge in [0, 0.05) is 24.4 Å². The molecule has 0 saturated heterocycles. The fraction of sp³-hybridized carbons (Fsp3) is 0.667. The summed E-state index contributed by atoms with van der Waals surface area (Å²) < 4.78 is 55.6. The van der Waals surface area contributed by atoms with E-state index in [0.29, 0.717) is 24.0 Å². The molecule has 0 spiro atoms. The van der Waals surface area contributed by atoms with E-state index >= 15 is 0 Å². The molecule has 168 valence electrons. The minimum Gasteiger partial charge on any atom is -0.299 e. The van der Waals surface area contributed by atoms with E-state index in [4.69, 9.17) is 0 Å². The summed E-state index contributed by atoms with van der Waals surface area (Å²) in [5.41, 5.74) is -0.000308. The van der Waals surface area contributed by atoms with Crippen LogP contribution in [0.25, 0.3) is 0 Å². The molecule has 1 aromatic rings. The summed E-state index contributed by atoms with van der Waals surface area (Å²) in [7, 11) is -7.26. The molecule has 7 nitrogen and oxygen atoms in total. The molecule has 0 aromatic heterocycles. The monoisotopic (exact) mass is 456 g/mol. The van der Waals surface area contributed by atoms with Gasteiger partial charge in [-0.05, 0) is 49.1 Å². The third-order valence-corrected chi connectivity index (χ3v) is 9.92. The summed E-state index contributed by atoms with van der Waals surface area (Å²) in [6.45, 7) is 7.50. The van der Waals surface area contributed by atoms with Gasteiger partial charge in [-0.1, -0.05) is 38.1 Å². The molecule has 0 heterocycles. The number of carbonyl (C=O) groups excluding carboxylic acids is 1. The van der Waals surface area contributed by atoms with Crippen LogP contribution >= 0.6 is 0 Å². The lowest BCUT2D eigenvalue weighted by molar-refractivity contribution is -0.128. The SMILES string of the molecule is CC(C)NS(=O)(=O)Cc1ccccc1CNS(=O)(=O)CC12CCC(CC1=O)C2(C)C. The Balaban J connectivity index is 1.74. The number of carbonyl (C=O) groups is 1. The quantitative estimate of drug-likeness (QED) is 0.593. The molecule has 2 unspecified atom stereocenters. The van der Waals surface area contributed by atoms with E-state index in [2.05, 4.69) is 9.44 Å². The van der Waals surface area contributed by atoms with Crippen LogP contribution in [0.2, 0.25) is 0 Å². The van der Waals surface area contributed by atoms with Gasteiger partial charge in [0.15, 0.2) is 0 Å². The Bertz CT molecular complexity index is 1030. The second kappa shape index (κ2) is 8.00. The van der Waals surface area contributed by atoms with Crippen LogP contribution in [0.1, 0.15) is 58.1 Å². The van der Waals surface area contributed by atoms with Crippen LogP contribution in [0.5, 0.6) is 0 Å². The Hall–Kier alpha value is -1.29. The number of ketones is 1. The second-order valence-electron chi connectivity index (χ2n) is 9.55. The van der Waals surface area contributed by atoms with Crippen LogP contribution in [0, 0.1) is 16.7 Å². The van der Waals surface area contributed by atoms with Gasteiger partial charge >= 0.3 is 0 Å². The Morgan fingerprint density at radius 3 is 2.23 bits per heavy atom. The first kappa shape index (κ1) is 23.4. The van der Waals surface area contributed by atoms with E-state index in [1.807, 2.05) is 13.8 Å². The number of hydrogen-bond donors (Lipinski definition) is 2. The van der Waals surface area contributed by atoms with Crippen molar-refractivity contribution in [1.82, 2.24) is 9.44 Å². The van der Waals surface area contributed by atoms with Crippen molar-refractivity contribution in [3.63, 3.8) is 0 Å². The molecule has 2 aliphatic rings. The lowest BCUT2D eigenvalue weighted by Gasteiger charge is -2.36. The third kappa shape index (κ3) is 4.49. The summed E-state index contributed by atoms with van der Waals surface area (Å²) in [4.78, 5) is 12.7. The molecule has 2 bridgehead atoms. The first-order chi connectivity index (χ1) is 13.8. The number of fused-ring (bicyclic) bond motifs is 2. The van der Waals surface area contributed by atoms with Crippen molar-refractivity contribution in [1.29, 1.82) is 0 Å². The largest absolute Gasteiger partial charge is 0.299 e. The summed E-state index contributed by atoms with van der Waals surface area (Å²) in [5.74, 6) is -0.127. The zero-order valence-electron chi connectivity index (χ0n) is 18.1. The van der Waals surface area contributed by atoms with Gasteiger partial charge < -0.3 is 0 Å². The Kier molecular flexibility index (Phi) is 6.23. The molecule has 9 heteroatoms. The minimum atomic E-state index is -3.73. The van der Waals surface area contributed by atoms with Crippen LogP contribution in [0.15, 0.2) is 24.3 Å². The Morgan fingerprint density at radius 1 is 1.07 bits per heavy atom. The topological polar surface area (TPSA) is 109 Å².